The van der Waals surface area contributed by atoms with E-state index in [1.807, 2.05) is 0 Å². The maximum atomic E-state index is 10.5. The predicted octanol–water partition coefficient (Wildman–Crippen LogP) is 3.65. The summed E-state index contributed by atoms with van der Waals surface area (Å²) in [7, 11) is 0. The average Bonchev–Trinajstić information content (AvgIpc) is 2.37. The third-order valence-corrected chi connectivity index (χ3v) is 4.41. The summed E-state index contributed by atoms with van der Waals surface area (Å²) in [5.74, 6) is 0. The number of hydrogen-bond acceptors (Lipinski definition) is 2. The zero-order chi connectivity index (χ0) is 13.9. The van der Waals surface area contributed by atoms with Crippen LogP contribution < -0.4 is 5.32 Å². The van der Waals surface area contributed by atoms with Gasteiger partial charge < -0.3 is 10.4 Å². The van der Waals surface area contributed by atoms with Gasteiger partial charge in [0.15, 0.2) is 0 Å². The molecule has 0 aromatic heterocycles. The monoisotopic (exact) mass is 261 g/mol. The molecule has 2 nitrogen and oxygen atoms in total. The molecule has 2 heteroatoms. The molecule has 1 aliphatic rings. The molecule has 1 atom stereocenters. The van der Waals surface area contributed by atoms with E-state index in [1.54, 1.807) is 0 Å². The van der Waals surface area contributed by atoms with Crippen LogP contribution in [0, 0.1) is 13.8 Å². The zero-order valence-corrected chi connectivity index (χ0v) is 12.5. The van der Waals surface area contributed by atoms with Crippen molar-refractivity contribution < 1.29 is 5.11 Å². The topological polar surface area (TPSA) is 32.3 Å². The molecule has 1 aromatic rings. The highest BCUT2D eigenvalue weighted by molar-refractivity contribution is 5.32. The van der Waals surface area contributed by atoms with Crippen molar-refractivity contribution in [2.45, 2.75) is 64.5 Å². The van der Waals surface area contributed by atoms with Crippen molar-refractivity contribution in [1.29, 1.82) is 0 Å². The molecule has 1 fully saturated rings. The second-order valence-corrected chi connectivity index (χ2v) is 6.25. The number of aryl methyl sites for hydroxylation is 2. The number of rotatable bonds is 4. The molecule has 1 aromatic carbocycles. The number of hydrogen-bond donors (Lipinski definition) is 2. The summed E-state index contributed by atoms with van der Waals surface area (Å²) >= 11 is 0. The van der Waals surface area contributed by atoms with Gasteiger partial charge in [0.2, 0.25) is 0 Å². The van der Waals surface area contributed by atoms with E-state index in [4.69, 9.17) is 0 Å². The van der Waals surface area contributed by atoms with E-state index in [2.05, 4.69) is 44.3 Å². The van der Waals surface area contributed by atoms with Crippen LogP contribution in [0.4, 0.5) is 0 Å². The molecule has 1 saturated carbocycles. The predicted molar refractivity (Wildman–Crippen MR) is 80.4 cm³/mol. The molecule has 0 aliphatic heterocycles. The molecule has 1 unspecified atom stereocenters. The van der Waals surface area contributed by atoms with Gasteiger partial charge in [-0.25, -0.2) is 0 Å². The Morgan fingerprint density at radius 3 is 2.53 bits per heavy atom. The van der Waals surface area contributed by atoms with Crippen molar-refractivity contribution in [3.63, 3.8) is 0 Å². The number of benzene rings is 1. The first-order valence-corrected chi connectivity index (χ1v) is 7.53. The van der Waals surface area contributed by atoms with Gasteiger partial charge in [0.1, 0.15) is 0 Å². The second-order valence-electron chi connectivity index (χ2n) is 6.25. The molecule has 0 saturated heterocycles. The van der Waals surface area contributed by atoms with Crippen molar-refractivity contribution in [3.8, 4) is 0 Å². The lowest BCUT2D eigenvalue weighted by Crippen LogP contribution is -2.43. The Hall–Kier alpha value is -0.860. The molecule has 2 rings (SSSR count). The maximum Gasteiger partial charge on any atom is 0.0771 e. The molecule has 0 heterocycles. The average molecular weight is 261 g/mol. The standard InChI is InChI=1S/C17H27NO/c1-13-7-8-16(14(2)11-13)15(3)18-12-17(19)9-5-4-6-10-17/h7-8,11,15,18-19H,4-6,9-10,12H2,1-3H3. The Kier molecular flexibility index (Phi) is 4.64. The van der Waals surface area contributed by atoms with Gasteiger partial charge in [-0.3, -0.25) is 0 Å². The third kappa shape index (κ3) is 3.80. The van der Waals surface area contributed by atoms with Crippen LogP contribution in [0.3, 0.4) is 0 Å². The van der Waals surface area contributed by atoms with E-state index < -0.39 is 5.60 Å². The first-order valence-electron chi connectivity index (χ1n) is 7.53. The highest BCUT2D eigenvalue weighted by atomic mass is 16.3. The fourth-order valence-electron chi connectivity index (χ4n) is 3.15. The minimum Gasteiger partial charge on any atom is -0.389 e. The van der Waals surface area contributed by atoms with Gasteiger partial charge in [0.25, 0.3) is 0 Å². The fraction of sp³-hybridized carbons (Fsp3) is 0.647. The highest BCUT2D eigenvalue weighted by Crippen LogP contribution is 2.28. The Bertz CT molecular complexity index is 421. The van der Waals surface area contributed by atoms with Crippen LogP contribution in [0.2, 0.25) is 0 Å². The molecule has 0 radical (unpaired) electrons. The van der Waals surface area contributed by atoms with Crippen molar-refractivity contribution in [1.82, 2.24) is 5.32 Å². The first kappa shape index (κ1) is 14.5. The smallest absolute Gasteiger partial charge is 0.0771 e. The van der Waals surface area contributed by atoms with Crippen LogP contribution in [-0.2, 0) is 0 Å². The lowest BCUT2D eigenvalue weighted by Gasteiger charge is -2.33. The van der Waals surface area contributed by atoms with E-state index in [-0.39, 0.29) is 0 Å². The largest absolute Gasteiger partial charge is 0.389 e. The van der Waals surface area contributed by atoms with Crippen LogP contribution >= 0.6 is 0 Å². The minimum atomic E-state index is -0.481. The first-order chi connectivity index (χ1) is 9.00. The van der Waals surface area contributed by atoms with Crippen LogP contribution in [0.25, 0.3) is 0 Å². The minimum absolute atomic E-state index is 0.298. The summed E-state index contributed by atoms with van der Waals surface area (Å²) in [5.41, 5.74) is 3.49. The molecule has 0 amide bonds. The van der Waals surface area contributed by atoms with Crippen LogP contribution in [0.5, 0.6) is 0 Å². The zero-order valence-electron chi connectivity index (χ0n) is 12.5. The van der Waals surface area contributed by atoms with E-state index >= 15 is 0 Å². The van der Waals surface area contributed by atoms with E-state index in [0.717, 1.165) is 25.7 Å². The van der Waals surface area contributed by atoms with Gasteiger partial charge >= 0.3 is 0 Å². The summed E-state index contributed by atoms with van der Waals surface area (Å²) in [6.45, 7) is 7.18. The SMILES string of the molecule is Cc1ccc(C(C)NCC2(O)CCCCC2)c(C)c1. The van der Waals surface area contributed by atoms with Crippen LogP contribution in [0.15, 0.2) is 18.2 Å². The summed E-state index contributed by atoms with van der Waals surface area (Å²) in [6, 6.07) is 6.89. The van der Waals surface area contributed by atoms with Gasteiger partial charge in [-0.05, 0) is 44.7 Å². The molecule has 0 bridgehead atoms. The fourth-order valence-corrected chi connectivity index (χ4v) is 3.15. The van der Waals surface area contributed by atoms with E-state index in [0.29, 0.717) is 12.6 Å². The Morgan fingerprint density at radius 2 is 1.89 bits per heavy atom. The number of nitrogens with one attached hydrogen (secondary N) is 1. The molecule has 106 valence electrons. The molecule has 2 N–H and O–H groups in total. The molecular weight excluding hydrogens is 234 g/mol. The molecular formula is C17H27NO. The summed E-state index contributed by atoms with van der Waals surface area (Å²) < 4.78 is 0. The lowest BCUT2D eigenvalue weighted by molar-refractivity contribution is 0.00298. The highest BCUT2D eigenvalue weighted by Gasteiger charge is 2.29. The quantitative estimate of drug-likeness (QED) is 0.867. The molecule has 0 spiro atoms. The van der Waals surface area contributed by atoms with Crippen molar-refractivity contribution >= 4 is 0 Å². The summed E-state index contributed by atoms with van der Waals surface area (Å²) in [6.07, 6.45) is 5.49. The number of aliphatic hydroxyl groups is 1. The summed E-state index contributed by atoms with van der Waals surface area (Å²) in [5, 5.41) is 14.0. The van der Waals surface area contributed by atoms with Crippen molar-refractivity contribution in [2.24, 2.45) is 0 Å². The Morgan fingerprint density at radius 1 is 1.21 bits per heavy atom. The normalized spacial score (nSPS) is 20.2. The Balaban J connectivity index is 1.95. The van der Waals surface area contributed by atoms with Crippen molar-refractivity contribution in [3.05, 3.63) is 34.9 Å². The van der Waals surface area contributed by atoms with Crippen molar-refractivity contribution in [2.75, 3.05) is 6.54 Å². The molecule has 1 aliphatic carbocycles. The Labute approximate surface area is 117 Å². The van der Waals surface area contributed by atoms with Gasteiger partial charge in [-0.1, -0.05) is 43.0 Å². The van der Waals surface area contributed by atoms with E-state index in [9.17, 15) is 5.11 Å². The van der Waals surface area contributed by atoms with Gasteiger partial charge in [-0.15, -0.1) is 0 Å². The summed E-state index contributed by atoms with van der Waals surface area (Å²) in [4.78, 5) is 0. The van der Waals surface area contributed by atoms with E-state index in [1.165, 1.54) is 23.1 Å². The van der Waals surface area contributed by atoms with Crippen LogP contribution in [0.1, 0.15) is 61.8 Å². The van der Waals surface area contributed by atoms with Gasteiger partial charge in [0.05, 0.1) is 5.60 Å². The molecule has 19 heavy (non-hydrogen) atoms. The van der Waals surface area contributed by atoms with Gasteiger partial charge in [-0.2, -0.15) is 0 Å². The van der Waals surface area contributed by atoms with Gasteiger partial charge in [0, 0.05) is 12.6 Å². The van der Waals surface area contributed by atoms with Crippen LogP contribution in [-0.4, -0.2) is 17.3 Å². The maximum absolute atomic E-state index is 10.5. The second kappa shape index (κ2) is 6.06. The lowest BCUT2D eigenvalue weighted by atomic mass is 9.84. The third-order valence-electron chi connectivity index (χ3n) is 4.41.